The highest BCUT2D eigenvalue weighted by atomic mass is 15.4. The molecule has 0 amide bonds. The van der Waals surface area contributed by atoms with Gasteiger partial charge in [0.25, 0.3) is 0 Å². The molecule has 4 heteroatoms. The molecule has 0 aliphatic carbocycles. The van der Waals surface area contributed by atoms with Gasteiger partial charge in [-0.25, -0.2) is 0 Å². The van der Waals surface area contributed by atoms with Gasteiger partial charge in [-0.05, 0) is 37.1 Å². The third-order valence-corrected chi connectivity index (χ3v) is 3.60. The van der Waals surface area contributed by atoms with E-state index in [1.54, 1.807) is 0 Å². The molecule has 1 aromatic rings. The van der Waals surface area contributed by atoms with Gasteiger partial charge in [-0.15, -0.1) is 0 Å². The molecule has 0 atom stereocenters. The molecule has 0 fully saturated rings. The molecular weight excluding hydrogens is 236 g/mol. The molecule has 1 heterocycles. The summed E-state index contributed by atoms with van der Waals surface area (Å²) in [6.07, 6.45) is 1.05. The Labute approximate surface area is 114 Å². The van der Waals surface area contributed by atoms with E-state index < -0.39 is 0 Å². The van der Waals surface area contributed by atoms with E-state index in [0.717, 1.165) is 19.8 Å². The zero-order chi connectivity index (χ0) is 13.8. The number of hydrogen-bond donors (Lipinski definition) is 0. The van der Waals surface area contributed by atoms with Crippen molar-refractivity contribution in [3.63, 3.8) is 0 Å². The van der Waals surface area contributed by atoms with Crippen LogP contribution in [0.1, 0.15) is 24.0 Å². The van der Waals surface area contributed by atoms with E-state index in [1.807, 2.05) is 0 Å². The van der Waals surface area contributed by atoms with Gasteiger partial charge in [0.05, 0.1) is 43.0 Å². The molecule has 1 aromatic carbocycles. The van der Waals surface area contributed by atoms with Crippen LogP contribution in [0.4, 0.5) is 11.4 Å². The van der Waals surface area contributed by atoms with Crippen LogP contribution in [0.25, 0.3) is 0 Å². The summed E-state index contributed by atoms with van der Waals surface area (Å²) < 4.78 is 0. The van der Waals surface area contributed by atoms with Crippen molar-refractivity contribution in [2.45, 2.75) is 26.7 Å². The molecule has 0 bridgehead atoms. The predicted molar refractivity (Wildman–Crippen MR) is 75.9 cm³/mol. The van der Waals surface area contributed by atoms with Gasteiger partial charge >= 0.3 is 0 Å². The monoisotopic (exact) mass is 254 g/mol. The van der Waals surface area contributed by atoms with E-state index >= 15 is 0 Å². The minimum absolute atomic E-state index is 0.526. The van der Waals surface area contributed by atoms with Crippen LogP contribution in [0.3, 0.4) is 0 Å². The van der Waals surface area contributed by atoms with Crippen molar-refractivity contribution in [1.29, 1.82) is 10.5 Å². The van der Waals surface area contributed by atoms with Crippen molar-refractivity contribution in [3.05, 3.63) is 23.3 Å². The average molecular weight is 254 g/mol. The highest BCUT2D eigenvalue weighted by molar-refractivity contribution is 5.78. The summed E-state index contributed by atoms with van der Waals surface area (Å²) in [7, 11) is 0. The molecule has 1 aliphatic rings. The Balaban J connectivity index is 2.29. The predicted octanol–water partition coefficient (Wildman–Crippen LogP) is 2.71. The average Bonchev–Trinajstić information content (AvgIpc) is 2.72. The molecule has 0 saturated heterocycles. The highest BCUT2D eigenvalue weighted by Gasteiger charge is 2.25. The van der Waals surface area contributed by atoms with E-state index in [2.05, 4.69) is 47.9 Å². The number of benzene rings is 1. The maximum absolute atomic E-state index is 8.75. The van der Waals surface area contributed by atoms with Gasteiger partial charge in [0.2, 0.25) is 0 Å². The van der Waals surface area contributed by atoms with Crippen molar-refractivity contribution in [1.82, 2.24) is 0 Å². The fourth-order valence-corrected chi connectivity index (χ4v) is 2.40. The van der Waals surface area contributed by atoms with Crippen molar-refractivity contribution >= 4 is 11.4 Å². The van der Waals surface area contributed by atoms with Gasteiger partial charge in [-0.1, -0.05) is 0 Å². The minimum atomic E-state index is 0.526. The highest BCUT2D eigenvalue weighted by Crippen LogP contribution is 2.38. The summed E-state index contributed by atoms with van der Waals surface area (Å²) in [5.41, 5.74) is 4.92. The normalized spacial score (nSPS) is 13.1. The Morgan fingerprint density at radius 3 is 1.74 bits per heavy atom. The van der Waals surface area contributed by atoms with Gasteiger partial charge in [-0.3, -0.25) is 0 Å². The second-order valence-corrected chi connectivity index (χ2v) is 4.91. The van der Waals surface area contributed by atoms with E-state index in [4.69, 9.17) is 10.5 Å². The molecule has 0 saturated carbocycles. The molecule has 0 unspecified atom stereocenters. The van der Waals surface area contributed by atoms with E-state index in [0.29, 0.717) is 12.8 Å². The Morgan fingerprint density at radius 2 is 1.37 bits per heavy atom. The summed E-state index contributed by atoms with van der Waals surface area (Å²) in [6.45, 7) is 6.48. The minimum Gasteiger partial charge on any atom is -0.351 e. The first-order valence-corrected chi connectivity index (χ1v) is 6.52. The van der Waals surface area contributed by atoms with Gasteiger partial charge in [0, 0.05) is 13.1 Å². The van der Waals surface area contributed by atoms with E-state index in [1.165, 1.54) is 22.5 Å². The Morgan fingerprint density at radius 1 is 0.947 bits per heavy atom. The third-order valence-electron chi connectivity index (χ3n) is 3.60. The van der Waals surface area contributed by atoms with Crippen LogP contribution in [0, 0.1) is 36.5 Å². The lowest BCUT2D eigenvalue weighted by molar-refractivity contribution is 0.764. The summed E-state index contributed by atoms with van der Waals surface area (Å²) in [5, 5.41) is 17.5. The Kier molecular flexibility index (Phi) is 3.92. The fraction of sp³-hybridized carbons (Fsp3) is 0.467. The summed E-state index contributed by atoms with van der Waals surface area (Å²) >= 11 is 0. The molecule has 0 radical (unpaired) electrons. The van der Waals surface area contributed by atoms with E-state index in [9.17, 15) is 0 Å². The van der Waals surface area contributed by atoms with Crippen molar-refractivity contribution in [2.24, 2.45) is 0 Å². The van der Waals surface area contributed by atoms with Crippen LogP contribution in [-0.2, 0) is 0 Å². The van der Waals surface area contributed by atoms with Gasteiger partial charge in [0.1, 0.15) is 0 Å². The second-order valence-electron chi connectivity index (χ2n) is 4.91. The summed E-state index contributed by atoms with van der Waals surface area (Å²) in [5.74, 6) is 0. The van der Waals surface area contributed by atoms with Crippen LogP contribution >= 0.6 is 0 Å². The molecule has 0 aromatic heterocycles. The topological polar surface area (TPSA) is 54.1 Å². The number of hydrogen-bond acceptors (Lipinski definition) is 4. The van der Waals surface area contributed by atoms with Crippen LogP contribution in [0.5, 0.6) is 0 Å². The Bertz CT molecular complexity index is 501. The third kappa shape index (κ3) is 2.63. The van der Waals surface area contributed by atoms with Gasteiger partial charge in [0.15, 0.2) is 0 Å². The van der Waals surface area contributed by atoms with Crippen LogP contribution in [-0.4, -0.2) is 19.8 Å². The van der Waals surface area contributed by atoms with Gasteiger partial charge in [-0.2, -0.15) is 10.5 Å². The summed E-state index contributed by atoms with van der Waals surface area (Å²) in [6, 6.07) is 8.77. The number of aryl methyl sites for hydroxylation is 2. The SMILES string of the molecule is Cc1cc2c(cc1C)N(CCC#N)CN2CCC#N. The zero-order valence-corrected chi connectivity index (χ0v) is 11.5. The van der Waals surface area contributed by atoms with Crippen molar-refractivity contribution in [2.75, 3.05) is 29.6 Å². The summed E-state index contributed by atoms with van der Waals surface area (Å²) in [4.78, 5) is 4.45. The molecule has 98 valence electrons. The number of nitriles is 2. The van der Waals surface area contributed by atoms with Crippen LogP contribution in [0.15, 0.2) is 12.1 Å². The smallest absolute Gasteiger partial charge is 0.0905 e. The van der Waals surface area contributed by atoms with Crippen LogP contribution < -0.4 is 9.80 Å². The second kappa shape index (κ2) is 5.63. The molecule has 0 spiro atoms. The van der Waals surface area contributed by atoms with Gasteiger partial charge < -0.3 is 9.80 Å². The first-order valence-electron chi connectivity index (χ1n) is 6.52. The molecule has 19 heavy (non-hydrogen) atoms. The largest absolute Gasteiger partial charge is 0.351 e. The maximum atomic E-state index is 8.75. The lowest BCUT2D eigenvalue weighted by Crippen LogP contribution is -2.31. The molecular formula is C15H18N4. The first-order chi connectivity index (χ1) is 9.17. The lowest BCUT2D eigenvalue weighted by Gasteiger charge is -2.19. The molecule has 2 rings (SSSR count). The van der Waals surface area contributed by atoms with Crippen molar-refractivity contribution < 1.29 is 0 Å². The first kappa shape index (κ1) is 13.2. The number of fused-ring (bicyclic) bond motifs is 1. The zero-order valence-electron chi connectivity index (χ0n) is 11.5. The van der Waals surface area contributed by atoms with Crippen LogP contribution in [0.2, 0.25) is 0 Å². The Hall–Kier alpha value is -2.20. The lowest BCUT2D eigenvalue weighted by atomic mass is 10.1. The number of rotatable bonds is 4. The number of anilines is 2. The van der Waals surface area contributed by atoms with E-state index in [-0.39, 0.29) is 0 Å². The molecule has 4 nitrogen and oxygen atoms in total. The quantitative estimate of drug-likeness (QED) is 0.829. The molecule has 1 aliphatic heterocycles. The standard InChI is InChI=1S/C15H18N4/c1-12-9-14-15(10-13(12)2)19(8-4-6-17)11-18(14)7-3-5-16/h9-10H,3-4,7-8,11H2,1-2H3. The fourth-order valence-electron chi connectivity index (χ4n) is 2.40. The molecule has 0 N–H and O–H groups in total. The number of nitrogens with zero attached hydrogens (tertiary/aromatic N) is 4. The maximum Gasteiger partial charge on any atom is 0.0905 e. The van der Waals surface area contributed by atoms with Crippen molar-refractivity contribution in [3.8, 4) is 12.1 Å².